The number of aromatic nitrogens is 2. The Kier molecular flexibility index (Phi) is 5.05. The van der Waals surface area contributed by atoms with Crippen LogP contribution in [0.5, 0.6) is 0 Å². The van der Waals surface area contributed by atoms with E-state index in [1.807, 2.05) is 25.2 Å². The molecule has 0 bridgehead atoms. The molecule has 2 aromatic rings. The molecule has 0 spiro atoms. The lowest BCUT2D eigenvalue weighted by molar-refractivity contribution is -0.133. The Bertz CT molecular complexity index is 733. The van der Waals surface area contributed by atoms with E-state index >= 15 is 0 Å². The maximum atomic E-state index is 13.3. The van der Waals surface area contributed by atoms with E-state index in [2.05, 4.69) is 22.3 Å². The van der Waals surface area contributed by atoms with Gasteiger partial charge in [0.2, 0.25) is 11.8 Å². The number of carbonyl (C=O) groups excluding carboxylic acids is 1. The summed E-state index contributed by atoms with van der Waals surface area (Å²) >= 11 is 0. The maximum absolute atomic E-state index is 13.3. The Morgan fingerprint density at radius 3 is 2.54 bits per heavy atom. The molecule has 2 saturated carbocycles. The average Bonchev–Trinajstić information content (AvgIpc) is 3.27. The molecule has 5 nitrogen and oxygen atoms in total. The molecule has 2 fully saturated rings. The minimum Gasteiger partial charge on any atom is -0.339 e. The second kappa shape index (κ2) is 7.60. The first kappa shape index (κ1) is 17.3. The summed E-state index contributed by atoms with van der Waals surface area (Å²) in [5, 5.41) is 4.09. The van der Waals surface area contributed by atoms with Gasteiger partial charge in [0.1, 0.15) is 0 Å². The summed E-state index contributed by atoms with van der Waals surface area (Å²) in [5.41, 5.74) is 1.12. The van der Waals surface area contributed by atoms with Gasteiger partial charge in [0, 0.05) is 13.0 Å². The summed E-state index contributed by atoms with van der Waals surface area (Å²) in [6, 6.07) is 10.2. The van der Waals surface area contributed by atoms with Gasteiger partial charge in [0.25, 0.3) is 0 Å². The van der Waals surface area contributed by atoms with E-state index in [0.29, 0.717) is 24.2 Å². The summed E-state index contributed by atoms with van der Waals surface area (Å²) in [6.07, 6.45) is 8.21. The molecule has 1 heterocycles. The number of likely N-dealkylation sites (N-methyl/N-ethyl adjacent to an activating group) is 1. The molecule has 1 atom stereocenters. The zero-order chi connectivity index (χ0) is 17.9. The van der Waals surface area contributed by atoms with Crippen molar-refractivity contribution in [3.05, 3.63) is 47.6 Å². The van der Waals surface area contributed by atoms with Crippen molar-refractivity contribution < 1.29 is 9.32 Å². The summed E-state index contributed by atoms with van der Waals surface area (Å²) in [4.78, 5) is 19.6. The molecule has 1 unspecified atom stereocenters. The van der Waals surface area contributed by atoms with Gasteiger partial charge in [0.05, 0.1) is 12.5 Å². The largest absolute Gasteiger partial charge is 0.339 e. The molecule has 2 aliphatic carbocycles. The monoisotopic (exact) mass is 353 g/mol. The van der Waals surface area contributed by atoms with Gasteiger partial charge in [-0.3, -0.25) is 4.79 Å². The SMILES string of the molecule is CN(Cc1noc(C2CCC2)n1)C(=O)C(c1ccccc1)C1CCCC1. The van der Waals surface area contributed by atoms with Crippen LogP contribution in [-0.2, 0) is 11.3 Å². The molecule has 26 heavy (non-hydrogen) atoms. The van der Waals surface area contributed by atoms with Crippen LogP contribution in [0.4, 0.5) is 0 Å². The normalized spacial score (nSPS) is 19.3. The van der Waals surface area contributed by atoms with Crippen molar-refractivity contribution in [2.45, 2.75) is 63.3 Å². The molecule has 1 aromatic carbocycles. The lowest BCUT2D eigenvalue weighted by Gasteiger charge is -2.27. The lowest BCUT2D eigenvalue weighted by Crippen LogP contribution is -2.34. The second-order valence-electron chi connectivity index (χ2n) is 7.80. The fourth-order valence-corrected chi connectivity index (χ4v) is 4.25. The number of hydrogen-bond acceptors (Lipinski definition) is 4. The van der Waals surface area contributed by atoms with E-state index in [0.717, 1.165) is 37.1 Å². The van der Waals surface area contributed by atoms with Gasteiger partial charge in [-0.1, -0.05) is 54.8 Å². The van der Waals surface area contributed by atoms with Crippen LogP contribution in [0.25, 0.3) is 0 Å². The first-order chi connectivity index (χ1) is 12.7. The van der Waals surface area contributed by atoms with Crippen LogP contribution in [0.1, 0.15) is 74.1 Å². The first-order valence-electron chi connectivity index (χ1n) is 9.85. The number of benzene rings is 1. The Morgan fingerprint density at radius 2 is 1.88 bits per heavy atom. The van der Waals surface area contributed by atoms with E-state index in [4.69, 9.17) is 4.52 Å². The maximum Gasteiger partial charge on any atom is 0.230 e. The quantitative estimate of drug-likeness (QED) is 0.778. The van der Waals surface area contributed by atoms with E-state index < -0.39 is 0 Å². The van der Waals surface area contributed by atoms with Crippen LogP contribution in [0, 0.1) is 5.92 Å². The van der Waals surface area contributed by atoms with Gasteiger partial charge in [-0.05, 0) is 37.2 Å². The first-order valence-corrected chi connectivity index (χ1v) is 9.85. The Balaban J connectivity index is 1.48. The smallest absolute Gasteiger partial charge is 0.230 e. The van der Waals surface area contributed by atoms with Crippen LogP contribution in [0.2, 0.25) is 0 Å². The molecule has 1 amide bonds. The van der Waals surface area contributed by atoms with Gasteiger partial charge >= 0.3 is 0 Å². The van der Waals surface area contributed by atoms with Crippen molar-refractivity contribution in [3.63, 3.8) is 0 Å². The third-order valence-electron chi connectivity index (χ3n) is 5.99. The van der Waals surface area contributed by atoms with Gasteiger partial charge in [0.15, 0.2) is 5.82 Å². The molecule has 0 aliphatic heterocycles. The Labute approximate surface area is 154 Å². The Hall–Kier alpha value is -2.17. The van der Waals surface area contributed by atoms with Crippen LogP contribution in [0.3, 0.4) is 0 Å². The highest BCUT2D eigenvalue weighted by atomic mass is 16.5. The van der Waals surface area contributed by atoms with Crippen molar-refractivity contribution in [2.75, 3.05) is 7.05 Å². The van der Waals surface area contributed by atoms with Crippen molar-refractivity contribution in [3.8, 4) is 0 Å². The number of carbonyl (C=O) groups is 1. The van der Waals surface area contributed by atoms with Crippen molar-refractivity contribution in [1.82, 2.24) is 15.0 Å². The highest BCUT2D eigenvalue weighted by molar-refractivity contribution is 5.83. The van der Waals surface area contributed by atoms with Gasteiger partial charge in [-0.25, -0.2) is 0 Å². The third kappa shape index (κ3) is 3.53. The summed E-state index contributed by atoms with van der Waals surface area (Å²) < 4.78 is 5.40. The zero-order valence-electron chi connectivity index (χ0n) is 15.4. The minimum absolute atomic E-state index is 0.0679. The average molecular weight is 353 g/mol. The predicted octanol–water partition coefficient (Wildman–Crippen LogP) is 4.27. The zero-order valence-corrected chi connectivity index (χ0v) is 15.4. The number of nitrogens with zero attached hydrogens (tertiary/aromatic N) is 3. The van der Waals surface area contributed by atoms with Crippen LogP contribution >= 0.6 is 0 Å². The molecule has 0 saturated heterocycles. The second-order valence-corrected chi connectivity index (χ2v) is 7.80. The minimum atomic E-state index is -0.0679. The van der Waals surface area contributed by atoms with Crippen molar-refractivity contribution >= 4 is 5.91 Å². The number of rotatable bonds is 6. The van der Waals surface area contributed by atoms with Gasteiger partial charge < -0.3 is 9.42 Å². The van der Waals surface area contributed by atoms with Crippen LogP contribution in [-0.4, -0.2) is 28.0 Å². The fourth-order valence-electron chi connectivity index (χ4n) is 4.25. The van der Waals surface area contributed by atoms with Crippen LogP contribution in [0.15, 0.2) is 34.9 Å². The van der Waals surface area contributed by atoms with Gasteiger partial charge in [-0.15, -0.1) is 0 Å². The number of amides is 1. The molecule has 2 aliphatic rings. The fraction of sp³-hybridized carbons (Fsp3) is 0.571. The predicted molar refractivity (Wildman–Crippen MR) is 98.5 cm³/mol. The lowest BCUT2D eigenvalue weighted by atomic mass is 9.84. The van der Waals surface area contributed by atoms with E-state index in [-0.39, 0.29) is 11.8 Å². The highest BCUT2D eigenvalue weighted by Gasteiger charge is 2.34. The van der Waals surface area contributed by atoms with E-state index in [1.165, 1.54) is 19.3 Å². The van der Waals surface area contributed by atoms with Gasteiger partial charge in [-0.2, -0.15) is 4.98 Å². The standard InChI is InChI=1S/C21H27N3O2/c1-24(14-18-22-20(26-23-18)17-12-7-13-17)21(25)19(16-10-5-6-11-16)15-8-3-2-4-9-15/h2-4,8-9,16-17,19H,5-7,10-14H2,1H3. The number of hydrogen-bond donors (Lipinski definition) is 0. The highest BCUT2D eigenvalue weighted by Crippen LogP contribution is 2.39. The van der Waals surface area contributed by atoms with Crippen molar-refractivity contribution in [2.24, 2.45) is 5.92 Å². The molecule has 0 N–H and O–H groups in total. The Morgan fingerprint density at radius 1 is 1.15 bits per heavy atom. The topological polar surface area (TPSA) is 59.2 Å². The summed E-state index contributed by atoms with van der Waals surface area (Å²) in [6.45, 7) is 0.408. The van der Waals surface area contributed by atoms with E-state index in [1.54, 1.807) is 4.90 Å². The molecule has 138 valence electrons. The third-order valence-corrected chi connectivity index (χ3v) is 5.99. The summed E-state index contributed by atoms with van der Waals surface area (Å²) in [7, 11) is 1.85. The molecular weight excluding hydrogens is 326 g/mol. The van der Waals surface area contributed by atoms with E-state index in [9.17, 15) is 4.79 Å². The molecule has 0 radical (unpaired) electrons. The van der Waals surface area contributed by atoms with Crippen molar-refractivity contribution in [1.29, 1.82) is 0 Å². The molecular formula is C21H27N3O2. The van der Waals surface area contributed by atoms with Crippen LogP contribution < -0.4 is 0 Å². The molecule has 1 aromatic heterocycles. The molecule has 4 rings (SSSR count). The summed E-state index contributed by atoms with van der Waals surface area (Å²) in [5.74, 6) is 2.30. The molecule has 5 heteroatoms.